The minimum atomic E-state index is 0.624. The molecule has 0 saturated carbocycles. The molecule has 0 radical (unpaired) electrons. The molecule has 4 rings (SSSR count). The van der Waals surface area contributed by atoms with Crippen LogP contribution in [0.15, 0.2) is 60.7 Å². The van der Waals surface area contributed by atoms with Crippen LogP contribution in [0.2, 0.25) is 0 Å². The lowest BCUT2D eigenvalue weighted by atomic mass is 9.93. The molecule has 2 aromatic carbocycles. The molecule has 2 aliphatic rings. The van der Waals surface area contributed by atoms with E-state index in [1.54, 1.807) is 0 Å². The van der Waals surface area contributed by atoms with E-state index in [2.05, 4.69) is 75.8 Å². The molecule has 26 heavy (non-hydrogen) atoms. The van der Waals surface area contributed by atoms with Crippen LogP contribution in [0.3, 0.4) is 0 Å². The summed E-state index contributed by atoms with van der Waals surface area (Å²) in [7, 11) is 0. The van der Waals surface area contributed by atoms with Crippen molar-refractivity contribution in [2.45, 2.75) is 37.9 Å². The first-order valence-corrected chi connectivity index (χ1v) is 10.1. The third kappa shape index (κ3) is 4.73. The van der Waals surface area contributed by atoms with Gasteiger partial charge < -0.3 is 5.32 Å². The molecule has 1 N–H and O–H groups in total. The second-order valence-electron chi connectivity index (χ2n) is 7.82. The van der Waals surface area contributed by atoms with E-state index in [0.29, 0.717) is 6.04 Å². The summed E-state index contributed by atoms with van der Waals surface area (Å²) in [6, 6.07) is 23.2. The fourth-order valence-electron chi connectivity index (χ4n) is 4.50. The molecular weight excluding hydrogens is 318 g/mol. The van der Waals surface area contributed by atoms with Crippen LogP contribution < -0.4 is 5.32 Å². The summed E-state index contributed by atoms with van der Waals surface area (Å²) >= 11 is 0. The zero-order valence-corrected chi connectivity index (χ0v) is 15.7. The number of hydrogen-bond acceptors (Lipinski definition) is 3. The second kappa shape index (κ2) is 8.81. The van der Waals surface area contributed by atoms with Gasteiger partial charge in [-0.15, -0.1) is 0 Å². The topological polar surface area (TPSA) is 18.5 Å². The number of nitrogens with zero attached hydrogens (tertiary/aromatic N) is 2. The molecule has 2 atom stereocenters. The van der Waals surface area contributed by atoms with Gasteiger partial charge in [-0.25, -0.2) is 0 Å². The monoisotopic (exact) mass is 349 g/mol. The standard InChI is InChI=1S/C23H31N3/c1-3-7-20(8-4-1)17-22-18-23(11-12-24-22)26-15-13-25(14-16-26)19-21-9-5-2-6-10-21/h1-10,22-24H,11-19H2. The average molecular weight is 350 g/mol. The summed E-state index contributed by atoms with van der Waals surface area (Å²) < 4.78 is 0. The second-order valence-corrected chi connectivity index (χ2v) is 7.82. The zero-order chi connectivity index (χ0) is 17.6. The lowest BCUT2D eigenvalue weighted by Crippen LogP contribution is -2.54. The predicted octanol–water partition coefficient (Wildman–Crippen LogP) is 3.17. The summed E-state index contributed by atoms with van der Waals surface area (Å²) in [5.41, 5.74) is 2.89. The van der Waals surface area contributed by atoms with Crippen LogP contribution in [0.25, 0.3) is 0 Å². The van der Waals surface area contributed by atoms with Crippen molar-refractivity contribution in [2.75, 3.05) is 32.7 Å². The van der Waals surface area contributed by atoms with Gasteiger partial charge >= 0.3 is 0 Å². The maximum absolute atomic E-state index is 3.74. The fraction of sp³-hybridized carbons (Fsp3) is 0.478. The van der Waals surface area contributed by atoms with E-state index in [4.69, 9.17) is 0 Å². The minimum Gasteiger partial charge on any atom is -0.314 e. The Bertz CT molecular complexity index is 650. The molecule has 2 saturated heterocycles. The van der Waals surface area contributed by atoms with Crippen molar-refractivity contribution < 1.29 is 0 Å². The summed E-state index contributed by atoms with van der Waals surface area (Å²) in [5.74, 6) is 0. The van der Waals surface area contributed by atoms with Crippen LogP contribution in [0.1, 0.15) is 24.0 Å². The molecule has 0 aliphatic carbocycles. The Morgan fingerprint density at radius 2 is 1.46 bits per heavy atom. The third-order valence-electron chi connectivity index (χ3n) is 5.96. The van der Waals surface area contributed by atoms with Gasteiger partial charge in [-0.05, 0) is 36.9 Å². The lowest BCUT2D eigenvalue weighted by molar-refractivity contribution is 0.0705. The number of piperidine rings is 1. The van der Waals surface area contributed by atoms with Crippen LogP contribution in [0.4, 0.5) is 0 Å². The molecule has 0 spiro atoms. The molecule has 2 heterocycles. The Balaban J connectivity index is 1.26. The maximum atomic E-state index is 3.74. The van der Waals surface area contributed by atoms with Crippen molar-refractivity contribution in [3.05, 3.63) is 71.8 Å². The molecule has 2 unspecified atom stereocenters. The minimum absolute atomic E-state index is 0.624. The van der Waals surface area contributed by atoms with Gasteiger partial charge in [0.25, 0.3) is 0 Å². The van der Waals surface area contributed by atoms with Crippen molar-refractivity contribution in [1.29, 1.82) is 0 Å². The van der Waals surface area contributed by atoms with E-state index in [9.17, 15) is 0 Å². The molecule has 2 aromatic rings. The van der Waals surface area contributed by atoms with E-state index in [1.165, 1.54) is 50.1 Å². The van der Waals surface area contributed by atoms with Crippen molar-refractivity contribution in [2.24, 2.45) is 0 Å². The first kappa shape index (κ1) is 17.7. The van der Waals surface area contributed by atoms with Crippen LogP contribution in [-0.4, -0.2) is 54.6 Å². The Morgan fingerprint density at radius 1 is 0.808 bits per heavy atom. The van der Waals surface area contributed by atoms with Crippen LogP contribution in [0.5, 0.6) is 0 Å². The van der Waals surface area contributed by atoms with E-state index in [0.717, 1.165) is 25.6 Å². The summed E-state index contributed by atoms with van der Waals surface area (Å²) in [5, 5.41) is 3.74. The highest BCUT2D eigenvalue weighted by atomic mass is 15.3. The van der Waals surface area contributed by atoms with Crippen molar-refractivity contribution in [3.63, 3.8) is 0 Å². The largest absolute Gasteiger partial charge is 0.314 e. The molecule has 3 nitrogen and oxygen atoms in total. The fourth-order valence-corrected chi connectivity index (χ4v) is 4.50. The number of rotatable bonds is 5. The summed E-state index contributed by atoms with van der Waals surface area (Å²) in [4.78, 5) is 5.36. The van der Waals surface area contributed by atoms with Crippen molar-refractivity contribution >= 4 is 0 Å². The highest BCUT2D eigenvalue weighted by Gasteiger charge is 2.28. The molecule has 2 fully saturated rings. The third-order valence-corrected chi connectivity index (χ3v) is 5.96. The van der Waals surface area contributed by atoms with Crippen LogP contribution in [-0.2, 0) is 13.0 Å². The molecule has 0 aromatic heterocycles. The Morgan fingerprint density at radius 3 is 2.15 bits per heavy atom. The van der Waals surface area contributed by atoms with Crippen molar-refractivity contribution in [1.82, 2.24) is 15.1 Å². The molecule has 2 aliphatic heterocycles. The molecule has 0 bridgehead atoms. The van der Waals surface area contributed by atoms with E-state index >= 15 is 0 Å². The molecule has 138 valence electrons. The number of nitrogens with one attached hydrogen (secondary N) is 1. The van der Waals surface area contributed by atoms with E-state index in [-0.39, 0.29) is 0 Å². The van der Waals surface area contributed by atoms with E-state index < -0.39 is 0 Å². The molecule has 3 heteroatoms. The van der Waals surface area contributed by atoms with Gasteiger partial charge in [0.05, 0.1) is 0 Å². The van der Waals surface area contributed by atoms with Gasteiger partial charge in [-0.3, -0.25) is 9.80 Å². The first-order chi connectivity index (χ1) is 12.9. The number of benzene rings is 2. The quantitative estimate of drug-likeness (QED) is 0.894. The molecule has 0 amide bonds. The highest BCUT2D eigenvalue weighted by molar-refractivity contribution is 5.16. The predicted molar refractivity (Wildman–Crippen MR) is 108 cm³/mol. The highest BCUT2D eigenvalue weighted by Crippen LogP contribution is 2.20. The zero-order valence-electron chi connectivity index (χ0n) is 15.7. The summed E-state index contributed by atoms with van der Waals surface area (Å²) in [6.45, 7) is 7.08. The van der Waals surface area contributed by atoms with Gasteiger partial charge in [0.15, 0.2) is 0 Å². The van der Waals surface area contributed by atoms with Gasteiger partial charge in [0.1, 0.15) is 0 Å². The van der Waals surface area contributed by atoms with Gasteiger partial charge in [0, 0.05) is 44.8 Å². The Kier molecular flexibility index (Phi) is 6.00. The van der Waals surface area contributed by atoms with Crippen molar-refractivity contribution in [3.8, 4) is 0 Å². The SMILES string of the molecule is c1ccc(CC2CC(N3CCN(Cc4ccccc4)CC3)CCN2)cc1. The Hall–Kier alpha value is -1.68. The summed E-state index contributed by atoms with van der Waals surface area (Å²) in [6.07, 6.45) is 3.74. The number of hydrogen-bond donors (Lipinski definition) is 1. The first-order valence-electron chi connectivity index (χ1n) is 10.1. The molecular formula is C23H31N3. The average Bonchev–Trinajstić information content (AvgIpc) is 2.70. The Labute approximate surface area is 158 Å². The van der Waals surface area contributed by atoms with Gasteiger partial charge in [0.2, 0.25) is 0 Å². The van der Waals surface area contributed by atoms with Gasteiger partial charge in [-0.2, -0.15) is 0 Å². The number of piperazine rings is 1. The maximum Gasteiger partial charge on any atom is 0.0234 e. The van der Waals surface area contributed by atoms with Crippen LogP contribution in [0, 0.1) is 0 Å². The normalized spacial score (nSPS) is 25.2. The van der Waals surface area contributed by atoms with Crippen LogP contribution >= 0.6 is 0 Å². The van der Waals surface area contributed by atoms with Gasteiger partial charge in [-0.1, -0.05) is 60.7 Å². The van der Waals surface area contributed by atoms with E-state index in [1.807, 2.05) is 0 Å². The lowest BCUT2D eigenvalue weighted by Gasteiger charge is -2.42. The smallest absolute Gasteiger partial charge is 0.0234 e.